The molecule has 1 nitrogen and oxygen atoms in total. The molecule has 1 saturated carbocycles. The number of anilines is 1. The number of nitrogens with one attached hydrogen (secondary N) is 1. The van der Waals surface area contributed by atoms with Crippen LogP contribution in [0.2, 0.25) is 0 Å². The van der Waals surface area contributed by atoms with Gasteiger partial charge in [0, 0.05) is 11.7 Å². The monoisotopic (exact) mass is 257 g/mol. The fraction of sp³-hybridized carbons (Fsp3) is 0.571. The van der Waals surface area contributed by atoms with Gasteiger partial charge in [0.2, 0.25) is 0 Å². The van der Waals surface area contributed by atoms with E-state index in [-0.39, 0.29) is 0 Å². The van der Waals surface area contributed by atoms with E-state index in [1.165, 1.54) is 25.0 Å². The molecule has 1 aliphatic rings. The van der Waals surface area contributed by atoms with Gasteiger partial charge in [-0.3, -0.25) is 0 Å². The van der Waals surface area contributed by atoms with E-state index in [1.807, 2.05) is 6.92 Å². The predicted octanol–water partition coefficient (Wildman–Crippen LogP) is 4.61. The Hall–Kier alpha value is -1.19. The van der Waals surface area contributed by atoms with Crippen LogP contribution in [0, 0.1) is 12.8 Å². The van der Waals surface area contributed by atoms with Crippen LogP contribution in [0.5, 0.6) is 0 Å². The summed E-state index contributed by atoms with van der Waals surface area (Å²) in [4.78, 5) is 0. The molecule has 1 N–H and O–H groups in total. The van der Waals surface area contributed by atoms with Crippen LogP contribution in [0.3, 0.4) is 0 Å². The highest BCUT2D eigenvalue weighted by Gasteiger charge is 2.32. The molecule has 1 aromatic rings. The lowest BCUT2D eigenvalue weighted by molar-refractivity contribution is -0.137. The van der Waals surface area contributed by atoms with Gasteiger partial charge in [0.1, 0.15) is 0 Å². The Morgan fingerprint density at radius 1 is 1.33 bits per heavy atom. The summed E-state index contributed by atoms with van der Waals surface area (Å²) in [6.45, 7) is 3.90. The first-order valence-corrected chi connectivity index (χ1v) is 6.36. The summed E-state index contributed by atoms with van der Waals surface area (Å²) < 4.78 is 38.0. The third-order valence-electron chi connectivity index (χ3n) is 3.54. The van der Waals surface area contributed by atoms with Crippen molar-refractivity contribution in [3.8, 4) is 0 Å². The van der Waals surface area contributed by atoms with Crippen molar-refractivity contribution in [2.75, 3.05) is 5.32 Å². The first kappa shape index (κ1) is 13.2. The van der Waals surface area contributed by atoms with Crippen molar-refractivity contribution in [3.05, 3.63) is 29.3 Å². The quantitative estimate of drug-likeness (QED) is 0.830. The molecular weight excluding hydrogens is 239 g/mol. The molecule has 0 aliphatic heterocycles. The minimum Gasteiger partial charge on any atom is -0.382 e. The predicted molar refractivity (Wildman–Crippen MR) is 66.6 cm³/mol. The lowest BCUT2D eigenvalue weighted by Gasteiger charge is -2.20. The second-order valence-electron chi connectivity index (χ2n) is 5.02. The fourth-order valence-electron chi connectivity index (χ4n) is 2.21. The van der Waals surface area contributed by atoms with E-state index < -0.39 is 11.7 Å². The highest BCUT2D eigenvalue weighted by molar-refractivity contribution is 5.54. The molecule has 0 amide bonds. The maximum atomic E-state index is 12.7. The Balaban J connectivity index is 2.20. The fourth-order valence-corrected chi connectivity index (χ4v) is 2.21. The van der Waals surface area contributed by atoms with Crippen LogP contribution in [0.25, 0.3) is 0 Å². The molecule has 1 aromatic carbocycles. The number of aryl methyl sites for hydroxylation is 1. The standard InChI is InChI=1S/C14H18F3N/c1-3-12(10-5-6-10)18-13-8-11(14(15,16)17)7-4-9(13)2/h4,7-8,10,12,18H,3,5-6H2,1-2H3. The van der Waals surface area contributed by atoms with Gasteiger partial charge in [-0.2, -0.15) is 13.2 Å². The van der Waals surface area contributed by atoms with Gasteiger partial charge in [0.05, 0.1) is 5.56 Å². The molecule has 0 saturated heterocycles. The minimum atomic E-state index is -4.27. The molecule has 1 atom stereocenters. The summed E-state index contributed by atoms with van der Waals surface area (Å²) in [7, 11) is 0. The van der Waals surface area contributed by atoms with E-state index >= 15 is 0 Å². The van der Waals surface area contributed by atoms with Crippen molar-refractivity contribution < 1.29 is 13.2 Å². The van der Waals surface area contributed by atoms with E-state index in [4.69, 9.17) is 0 Å². The first-order valence-electron chi connectivity index (χ1n) is 6.36. The average Bonchev–Trinajstić information content (AvgIpc) is 3.10. The third kappa shape index (κ3) is 2.98. The normalized spacial score (nSPS) is 17.6. The molecular formula is C14H18F3N. The van der Waals surface area contributed by atoms with E-state index in [1.54, 1.807) is 0 Å². The number of alkyl halides is 3. The highest BCUT2D eigenvalue weighted by atomic mass is 19.4. The van der Waals surface area contributed by atoms with Crippen LogP contribution in [-0.4, -0.2) is 6.04 Å². The molecule has 18 heavy (non-hydrogen) atoms. The van der Waals surface area contributed by atoms with Crippen molar-refractivity contribution in [1.82, 2.24) is 0 Å². The first-order chi connectivity index (χ1) is 8.41. The van der Waals surface area contributed by atoms with E-state index in [2.05, 4.69) is 12.2 Å². The van der Waals surface area contributed by atoms with E-state index in [0.717, 1.165) is 18.1 Å². The molecule has 0 aromatic heterocycles. The van der Waals surface area contributed by atoms with Crippen molar-refractivity contribution in [3.63, 3.8) is 0 Å². The lowest BCUT2D eigenvalue weighted by Crippen LogP contribution is -2.21. The van der Waals surface area contributed by atoms with Crippen molar-refractivity contribution in [2.24, 2.45) is 5.92 Å². The third-order valence-corrected chi connectivity index (χ3v) is 3.54. The summed E-state index contributed by atoms with van der Waals surface area (Å²) in [6.07, 6.45) is -0.960. The van der Waals surface area contributed by atoms with Crippen LogP contribution in [-0.2, 0) is 6.18 Å². The molecule has 100 valence electrons. The number of rotatable bonds is 4. The second kappa shape index (κ2) is 4.82. The van der Waals surface area contributed by atoms with Gasteiger partial charge in [-0.15, -0.1) is 0 Å². The zero-order chi connectivity index (χ0) is 13.3. The number of benzene rings is 1. The molecule has 0 spiro atoms. The van der Waals surface area contributed by atoms with Crippen molar-refractivity contribution >= 4 is 5.69 Å². The average molecular weight is 257 g/mol. The number of hydrogen-bond donors (Lipinski definition) is 1. The molecule has 2 rings (SSSR count). The van der Waals surface area contributed by atoms with Crippen LogP contribution in [0.4, 0.5) is 18.9 Å². The smallest absolute Gasteiger partial charge is 0.382 e. The molecule has 0 bridgehead atoms. The maximum absolute atomic E-state index is 12.7. The van der Waals surface area contributed by atoms with Crippen LogP contribution in [0.15, 0.2) is 18.2 Å². The van der Waals surface area contributed by atoms with E-state index in [9.17, 15) is 13.2 Å². The van der Waals surface area contributed by atoms with Crippen molar-refractivity contribution in [2.45, 2.75) is 45.3 Å². The number of halogens is 3. The van der Waals surface area contributed by atoms with Gasteiger partial charge < -0.3 is 5.32 Å². The Morgan fingerprint density at radius 2 is 2.00 bits per heavy atom. The summed E-state index contributed by atoms with van der Waals surface area (Å²) in [5, 5.41) is 3.27. The minimum absolute atomic E-state index is 0.298. The Morgan fingerprint density at radius 3 is 2.50 bits per heavy atom. The number of hydrogen-bond acceptors (Lipinski definition) is 1. The SMILES string of the molecule is CCC(Nc1cc(C(F)(F)F)ccc1C)C1CC1. The van der Waals surface area contributed by atoms with Gasteiger partial charge in [-0.05, 0) is 49.8 Å². The molecule has 1 fully saturated rings. The van der Waals surface area contributed by atoms with Crippen LogP contribution < -0.4 is 5.32 Å². The lowest BCUT2D eigenvalue weighted by atomic mass is 10.1. The zero-order valence-electron chi connectivity index (χ0n) is 10.6. The Kier molecular flexibility index (Phi) is 3.55. The molecule has 0 heterocycles. The van der Waals surface area contributed by atoms with Gasteiger partial charge >= 0.3 is 6.18 Å². The second-order valence-corrected chi connectivity index (χ2v) is 5.02. The van der Waals surface area contributed by atoms with Gasteiger partial charge in [-0.1, -0.05) is 13.0 Å². The maximum Gasteiger partial charge on any atom is 0.416 e. The summed E-state index contributed by atoms with van der Waals surface area (Å²) in [6, 6.07) is 4.19. The molecule has 1 unspecified atom stereocenters. The van der Waals surface area contributed by atoms with Gasteiger partial charge in [-0.25, -0.2) is 0 Å². The summed E-state index contributed by atoms with van der Waals surface area (Å²) >= 11 is 0. The van der Waals surface area contributed by atoms with E-state index in [0.29, 0.717) is 17.6 Å². The zero-order valence-corrected chi connectivity index (χ0v) is 10.6. The molecule has 1 aliphatic carbocycles. The summed E-state index contributed by atoms with van der Waals surface area (Å²) in [5.41, 5.74) is 0.895. The largest absolute Gasteiger partial charge is 0.416 e. The van der Waals surface area contributed by atoms with Crippen molar-refractivity contribution in [1.29, 1.82) is 0 Å². The Bertz CT molecular complexity index is 422. The molecule has 4 heteroatoms. The Labute approximate surface area is 105 Å². The highest BCUT2D eigenvalue weighted by Crippen LogP contribution is 2.37. The van der Waals surface area contributed by atoms with Crippen LogP contribution in [0.1, 0.15) is 37.3 Å². The van der Waals surface area contributed by atoms with Crippen LogP contribution >= 0.6 is 0 Å². The van der Waals surface area contributed by atoms with Gasteiger partial charge in [0.15, 0.2) is 0 Å². The van der Waals surface area contributed by atoms with Gasteiger partial charge in [0.25, 0.3) is 0 Å². The molecule has 0 radical (unpaired) electrons. The summed E-state index contributed by atoms with van der Waals surface area (Å²) in [5.74, 6) is 0.629. The topological polar surface area (TPSA) is 12.0 Å².